The van der Waals surface area contributed by atoms with Crippen LogP contribution < -0.4 is 26.8 Å². The molecule has 4 N–H and O–H groups in total. The number of nitrogens with one attached hydrogen (secondary N) is 4. The van der Waals surface area contributed by atoms with E-state index in [1.165, 1.54) is 0 Å². The number of fused-ring (bicyclic) bond motifs is 1. The normalized spacial score (nSPS) is 11.7. The molecule has 0 bridgehead atoms. The first kappa shape index (κ1) is 18.6. The van der Waals surface area contributed by atoms with Gasteiger partial charge in [0.25, 0.3) is 10.9 Å². The van der Waals surface area contributed by atoms with Crippen LogP contribution in [-0.4, -0.2) is 25.5 Å². The Morgan fingerprint density at radius 3 is 2.48 bits per heavy atom. The van der Waals surface area contributed by atoms with Gasteiger partial charge in [0, 0.05) is 17.4 Å². The summed E-state index contributed by atoms with van der Waals surface area (Å²) in [6, 6.07) is 7.33. The molecule has 0 saturated heterocycles. The summed E-state index contributed by atoms with van der Waals surface area (Å²) >= 11 is 0. The maximum atomic E-state index is 12.0. The molecule has 0 aliphatic carbocycles. The summed E-state index contributed by atoms with van der Waals surface area (Å²) in [6.07, 6.45) is 1.57. The zero-order valence-corrected chi connectivity index (χ0v) is 16.5. The Kier molecular flexibility index (Phi) is 4.30. The summed E-state index contributed by atoms with van der Waals surface area (Å²) in [5.41, 5.74) is 1.62. The van der Waals surface area contributed by atoms with E-state index >= 15 is 0 Å². The molecule has 0 saturated carbocycles. The van der Waals surface area contributed by atoms with Gasteiger partial charge in [-0.25, -0.2) is 9.97 Å². The van der Waals surface area contributed by atoms with Crippen molar-refractivity contribution in [2.75, 3.05) is 16.0 Å². The van der Waals surface area contributed by atoms with Gasteiger partial charge in [0.1, 0.15) is 23.0 Å². The van der Waals surface area contributed by atoms with Crippen LogP contribution in [-0.2, 0) is 0 Å². The van der Waals surface area contributed by atoms with Crippen molar-refractivity contribution in [3.05, 3.63) is 56.7 Å². The van der Waals surface area contributed by atoms with E-state index in [1.54, 1.807) is 12.3 Å². The van der Waals surface area contributed by atoms with E-state index in [0.29, 0.717) is 11.8 Å². The van der Waals surface area contributed by atoms with E-state index in [9.17, 15) is 9.59 Å². The number of anilines is 5. The molecular formula is C20H21N7O2. The van der Waals surface area contributed by atoms with Gasteiger partial charge in [0.2, 0.25) is 5.95 Å². The minimum Gasteiger partial charge on any atom is -0.375 e. The molecule has 0 fully saturated rings. The second-order valence-corrected chi connectivity index (χ2v) is 7.85. The van der Waals surface area contributed by atoms with Gasteiger partial charge < -0.3 is 20.9 Å². The van der Waals surface area contributed by atoms with Crippen molar-refractivity contribution in [1.82, 2.24) is 19.9 Å². The fourth-order valence-electron chi connectivity index (χ4n) is 2.97. The molecule has 0 atom stereocenters. The van der Waals surface area contributed by atoms with E-state index in [0.717, 1.165) is 22.5 Å². The van der Waals surface area contributed by atoms with Gasteiger partial charge in [0.15, 0.2) is 0 Å². The predicted octanol–water partition coefficient (Wildman–Crippen LogP) is 2.95. The van der Waals surface area contributed by atoms with E-state index in [-0.39, 0.29) is 16.9 Å². The number of aryl methyl sites for hydroxylation is 1. The van der Waals surface area contributed by atoms with Crippen LogP contribution in [0.3, 0.4) is 0 Å². The SMILES string of the molecule is Cc1nc2ccc(Nc3nccc(Nc4c(NC(C)(C)C)c(=O)c4=O)n3)cc2[nH]1. The maximum absolute atomic E-state index is 12.0. The molecule has 9 nitrogen and oxygen atoms in total. The van der Waals surface area contributed by atoms with Crippen LogP contribution in [0.25, 0.3) is 11.0 Å². The van der Waals surface area contributed by atoms with Crippen molar-refractivity contribution in [2.45, 2.75) is 33.2 Å². The van der Waals surface area contributed by atoms with Crippen LogP contribution >= 0.6 is 0 Å². The van der Waals surface area contributed by atoms with Crippen LogP contribution in [0.1, 0.15) is 26.6 Å². The maximum Gasteiger partial charge on any atom is 0.253 e. The topological polar surface area (TPSA) is 125 Å². The third kappa shape index (κ3) is 3.79. The average Bonchev–Trinajstić information content (AvgIpc) is 3.03. The fourth-order valence-corrected chi connectivity index (χ4v) is 2.97. The van der Waals surface area contributed by atoms with Crippen molar-refractivity contribution in [3.63, 3.8) is 0 Å². The molecule has 2 aromatic heterocycles. The van der Waals surface area contributed by atoms with E-state index in [4.69, 9.17) is 0 Å². The molecule has 2 heterocycles. The molecule has 4 rings (SSSR count). The molecule has 4 aromatic rings. The highest BCUT2D eigenvalue weighted by molar-refractivity contribution is 5.81. The minimum absolute atomic E-state index is 0.212. The highest BCUT2D eigenvalue weighted by Gasteiger charge is 2.25. The Hall–Kier alpha value is -3.75. The summed E-state index contributed by atoms with van der Waals surface area (Å²) in [6.45, 7) is 7.64. The van der Waals surface area contributed by atoms with Crippen LogP contribution in [0, 0.1) is 6.92 Å². The summed E-state index contributed by atoms with van der Waals surface area (Å²) in [5, 5.41) is 9.12. The Morgan fingerprint density at radius 2 is 1.72 bits per heavy atom. The van der Waals surface area contributed by atoms with Gasteiger partial charge in [-0.1, -0.05) is 0 Å². The Balaban J connectivity index is 1.56. The van der Waals surface area contributed by atoms with Crippen LogP contribution in [0.5, 0.6) is 0 Å². The molecular weight excluding hydrogens is 370 g/mol. The summed E-state index contributed by atoms with van der Waals surface area (Å²) in [5.74, 6) is 1.60. The number of H-pyrrole nitrogens is 1. The lowest BCUT2D eigenvalue weighted by molar-refractivity contribution is 0.632. The van der Waals surface area contributed by atoms with Gasteiger partial charge in [0.05, 0.1) is 11.0 Å². The number of aromatic amines is 1. The third-order valence-electron chi connectivity index (χ3n) is 4.18. The molecule has 2 aromatic carbocycles. The summed E-state index contributed by atoms with van der Waals surface area (Å²) in [4.78, 5) is 40.0. The molecule has 0 unspecified atom stereocenters. The monoisotopic (exact) mass is 391 g/mol. The van der Waals surface area contributed by atoms with Gasteiger partial charge in [-0.2, -0.15) is 4.98 Å². The highest BCUT2D eigenvalue weighted by atomic mass is 16.2. The van der Waals surface area contributed by atoms with Crippen LogP contribution in [0.15, 0.2) is 40.1 Å². The third-order valence-corrected chi connectivity index (χ3v) is 4.18. The lowest BCUT2D eigenvalue weighted by atomic mass is 10.1. The van der Waals surface area contributed by atoms with Gasteiger partial charge in [-0.15, -0.1) is 0 Å². The van der Waals surface area contributed by atoms with Crippen LogP contribution in [0.2, 0.25) is 0 Å². The lowest BCUT2D eigenvalue weighted by Crippen LogP contribution is -2.41. The molecule has 0 amide bonds. The quantitative estimate of drug-likeness (QED) is 0.383. The largest absolute Gasteiger partial charge is 0.375 e. The molecule has 29 heavy (non-hydrogen) atoms. The van der Waals surface area contributed by atoms with Gasteiger partial charge in [-0.05, 0) is 52.0 Å². The number of aromatic nitrogens is 4. The number of benzene rings is 1. The number of imidazole rings is 1. The smallest absolute Gasteiger partial charge is 0.253 e. The van der Waals surface area contributed by atoms with Gasteiger partial charge in [-0.3, -0.25) is 9.59 Å². The fraction of sp³-hybridized carbons (Fsp3) is 0.250. The van der Waals surface area contributed by atoms with E-state index < -0.39 is 10.9 Å². The summed E-state index contributed by atoms with van der Waals surface area (Å²) < 4.78 is 0. The Labute approximate surface area is 166 Å². The van der Waals surface area contributed by atoms with Crippen molar-refractivity contribution in [3.8, 4) is 0 Å². The van der Waals surface area contributed by atoms with Crippen molar-refractivity contribution < 1.29 is 0 Å². The first-order chi connectivity index (χ1) is 13.7. The van der Waals surface area contributed by atoms with Crippen molar-refractivity contribution in [2.24, 2.45) is 0 Å². The Morgan fingerprint density at radius 1 is 0.966 bits per heavy atom. The zero-order chi connectivity index (χ0) is 20.8. The molecule has 148 valence electrons. The van der Waals surface area contributed by atoms with Gasteiger partial charge >= 0.3 is 0 Å². The molecule has 9 heteroatoms. The predicted molar refractivity (Wildman–Crippen MR) is 114 cm³/mol. The number of rotatable bonds is 5. The number of hydrogen-bond donors (Lipinski definition) is 4. The molecule has 0 aliphatic rings. The lowest BCUT2D eigenvalue weighted by Gasteiger charge is -2.24. The molecule has 0 radical (unpaired) electrons. The first-order valence-corrected chi connectivity index (χ1v) is 9.14. The zero-order valence-electron chi connectivity index (χ0n) is 16.5. The summed E-state index contributed by atoms with van der Waals surface area (Å²) in [7, 11) is 0. The van der Waals surface area contributed by atoms with Crippen molar-refractivity contribution in [1.29, 1.82) is 0 Å². The second-order valence-electron chi connectivity index (χ2n) is 7.85. The minimum atomic E-state index is -0.565. The average molecular weight is 391 g/mol. The molecule has 0 aliphatic heterocycles. The van der Waals surface area contributed by atoms with Crippen LogP contribution in [0.4, 0.5) is 28.8 Å². The second kappa shape index (κ2) is 6.69. The highest BCUT2D eigenvalue weighted by Crippen LogP contribution is 2.24. The Bertz CT molecular complexity index is 1280. The standard InChI is InChI=1S/C20H21N7O2/c1-10-22-12-6-5-11(9-13(12)23-10)24-19-21-8-7-14(26-19)25-15-16(18(29)17(15)28)27-20(2,3)4/h5-9,27H,1-4H3,(H,22,23)(H2,21,24,25,26). The first-order valence-electron chi connectivity index (χ1n) is 9.14. The van der Waals surface area contributed by atoms with E-state index in [2.05, 4.69) is 35.9 Å². The van der Waals surface area contributed by atoms with E-state index in [1.807, 2.05) is 45.9 Å². The van der Waals surface area contributed by atoms with Crippen molar-refractivity contribution >= 4 is 39.9 Å². The number of nitrogens with zero attached hydrogens (tertiary/aromatic N) is 3. The molecule has 0 spiro atoms. The number of hydrogen-bond acceptors (Lipinski definition) is 8.